The number of anilines is 4. The highest BCUT2D eigenvalue weighted by Gasteiger charge is 2.13. The van der Waals surface area contributed by atoms with Gasteiger partial charge in [-0.2, -0.15) is 10.1 Å². The van der Waals surface area contributed by atoms with Crippen LogP contribution in [-0.2, 0) is 4.74 Å². The van der Waals surface area contributed by atoms with Crippen LogP contribution in [0.25, 0.3) is 0 Å². The third kappa shape index (κ3) is 3.89. The van der Waals surface area contributed by atoms with Crippen molar-refractivity contribution in [2.45, 2.75) is 0 Å². The standard InChI is InChI=1S/C17H13F2N5O2/c1-26-16(25)11-4-2-3-5-13(11)22-17-23-15(9-20-24-17)21-14-7-6-10(18)8-12(14)19/h2-9H,1H3,(H2,21,22,23,24). The molecule has 0 bridgehead atoms. The first kappa shape index (κ1) is 17.2. The first-order valence-electron chi connectivity index (χ1n) is 7.43. The summed E-state index contributed by atoms with van der Waals surface area (Å²) < 4.78 is 31.4. The molecule has 9 heteroatoms. The molecule has 0 atom stereocenters. The number of rotatable bonds is 5. The summed E-state index contributed by atoms with van der Waals surface area (Å²) in [6, 6.07) is 9.75. The molecule has 0 saturated heterocycles. The van der Waals surface area contributed by atoms with Crippen LogP contribution >= 0.6 is 0 Å². The highest BCUT2D eigenvalue weighted by atomic mass is 19.1. The molecule has 0 radical (unpaired) electrons. The fourth-order valence-electron chi connectivity index (χ4n) is 2.15. The number of nitrogens with one attached hydrogen (secondary N) is 2. The van der Waals surface area contributed by atoms with E-state index < -0.39 is 17.6 Å². The Kier molecular flexibility index (Phi) is 4.97. The second kappa shape index (κ2) is 7.51. The Morgan fingerprint density at radius 1 is 1.08 bits per heavy atom. The molecule has 3 aromatic rings. The second-order valence-corrected chi connectivity index (χ2v) is 5.08. The monoisotopic (exact) mass is 357 g/mol. The normalized spacial score (nSPS) is 10.3. The third-order valence-electron chi connectivity index (χ3n) is 3.33. The lowest BCUT2D eigenvalue weighted by Gasteiger charge is -2.10. The minimum Gasteiger partial charge on any atom is -0.465 e. The molecule has 1 heterocycles. The first-order chi connectivity index (χ1) is 12.6. The van der Waals surface area contributed by atoms with Gasteiger partial charge in [0.05, 0.1) is 30.2 Å². The van der Waals surface area contributed by atoms with Crippen LogP contribution in [0.4, 0.5) is 31.9 Å². The maximum Gasteiger partial charge on any atom is 0.339 e. The predicted octanol–water partition coefficient (Wildman–Crippen LogP) is 3.42. The highest BCUT2D eigenvalue weighted by Crippen LogP contribution is 2.22. The van der Waals surface area contributed by atoms with E-state index in [1.54, 1.807) is 24.3 Å². The molecule has 0 saturated carbocycles. The van der Waals surface area contributed by atoms with Crippen molar-refractivity contribution >= 4 is 29.1 Å². The maximum absolute atomic E-state index is 13.7. The molecule has 3 rings (SSSR count). The first-order valence-corrected chi connectivity index (χ1v) is 7.43. The molecule has 0 fully saturated rings. The molecule has 2 aromatic carbocycles. The van der Waals surface area contributed by atoms with E-state index >= 15 is 0 Å². The summed E-state index contributed by atoms with van der Waals surface area (Å²) in [7, 11) is 1.28. The number of methoxy groups -OCH3 is 1. The highest BCUT2D eigenvalue weighted by molar-refractivity contribution is 5.96. The van der Waals surface area contributed by atoms with Crippen molar-refractivity contribution in [3.05, 3.63) is 65.9 Å². The van der Waals surface area contributed by atoms with E-state index in [2.05, 4.69) is 25.8 Å². The van der Waals surface area contributed by atoms with Crippen molar-refractivity contribution in [3.8, 4) is 0 Å². The number of halogens is 2. The van der Waals surface area contributed by atoms with E-state index in [4.69, 9.17) is 4.74 Å². The van der Waals surface area contributed by atoms with Gasteiger partial charge in [0.1, 0.15) is 11.6 Å². The van der Waals surface area contributed by atoms with Gasteiger partial charge in [-0.1, -0.05) is 12.1 Å². The molecule has 0 amide bonds. The van der Waals surface area contributed by atoms with Crippen LogP contribution < -0.4 is 10.6 Å². The topological polar surface area (TPSA) is 89.0 Å². The third-order valence-corrected chi connectivity index (χ3v) is 3.33. The second-order valence-electron chi connectivity index (χ2n) is 5.08. The number of ether oxygens (including phenoxy) is 1. The smallest absolute Gasteiger partial charge is 0.339 e. The Labute approximate surface area is 147 Å². The zero-order chi connectivity index (χ0) is 18.5. The summed E-state index contributed by atoms with van der Waals surface area (Å²) in [5.41, 5.74) is 0.751. The van der Waals surface area contributed by atoms with Crippen molar-refractivity contribution in [1.29, 1.82) is 0 Å². The van der Waals surface area contributed by atoms with Gasteiger partial charge in [0.25, 0.3) is 0 Å². The summed E-state index contributed by atoms with van der Waals surface area (Å²) in [6.07, 6.45) is 1.28. The van der Waals surface area contributed by atoms with E-state index in [1.165, 1.54) is 19.4 Å². The molecule has 0 spiro atoms. The number of carbonyl (C=O) groups is 1. The van der Waals surface area contributed by atoms with Gasteiger partial charge in [0.2, 0.25) is 5.95 Å². The molecule has 0 unspecified atom stereocenters. The molecule has 0 aliphatic heterocycles. The van der Waals surface area contributed by atoms with Gasteiger partial charge in [-0.25, -0.2) is 13.6 Å². The molecule has 132 valence electrons. The average Bonchev–Trinajstić information content (AvgIpc) is 2.64. The van der Waals surface area contributed by atoms with Gasteiger partial charge < -0.3 is 15.4 Å². The van der Waals surface area contributed by atoms with Crippen LogP contribution in [0.3, 0.4) is 0 Å². The molecular formula is C17H13F2N5O2. The minimum atomic E-state index is -0.769. The van der Waals surface area contributed by atoms with Gasteiger partial charge >= 0.3 is 5.97 Å². The van der Waals surface area contributed by atoms with Gasteiger partial charge in [-0.3, -0.25) is 0 Å². The Balaban J connectivity index is 1.83. The largest absolute Gasteiger partial charge is 0.465 e. The Bertz CT molecular complexity index is 952. The summed E-state index contributed by atoms with van der Waals surface area (Å²) in [5.74, 6) is -1.72. The number of carbonyl (C=O) groups excluding carboxylic acids is 1. The molecule has 1 aromatic heterocycles. The van der Waals surface area contributed by atoms with Crippen molar-refractivity contribution in [2.24, 2.45) is 0 Å². The molecule has 26 heavy (non-hydrogen) atoms. The fourth-order valence-corrected chi connectivity index (χ4v) is 2.15. The van der Waals surface area contributed by atoms with E-state index in [1.807, 2.05) is 0 Å². The zero-order valence-corrected chi connectivity index (χ0v) is 13.5. The number of nitrogens with zero attached hydrogens (tertiary/aromatic N) is 3. The molecule has 7 nitrogen and oxygen atoms in total. The van der Waals surface area contributed by atoms with Crippen molar-refractivity contribution in [2.75, 3.05) is 17.7 Å². The van der Waals surface area contributed by atoms with Crippen molar-refractivity contribution in [1.82, 2.24) is 15.2 Å². The van der Waals surface area contributed by atoms with Crippen LogP contribution in [0.15, 0.2) is 48.7 Å². The van der Waals surface area contributed by atoms with Crippen LogP contribution in [0, 0.1) is 11.6 Å². The number of esters is 1. The van der Waals surface area contributed by atoms with E-state index in [9.17, 15) is 13.6 Å². The van der Waals surface area contributed by atoms with Gasteiger partial charge in [0.15, 0.2) is 5.82 Å². The molecule has 0 aliphatic carbocycles. The fraction of sp³-hybridized carbons (Fsp3) is 0.0588. The quantitative estimate of drug-likeness (QED) is 0.676. The SMILES string of the molecule is COC(=O)c1ccccc1Nc1nncc(Nc2ccc(F)cc2F)n1. The average molecular weight is 357 g/mol. The van der Waals surface area contributed by atoms with E-state index in [0.29, 0.717) is 11.3 Å². The lowest BCUT2D eigenvalue weighted by Crippen LogP contribution is -2.08. The lowest BCUT2D eigenvalue weighted by molar-refractivity contribution is 0.0602. The maximum atomic E-state index is 13.7. The van der Waals surface area contributed by atoms with Crippen molar-refractivity contribution in [3.63, 3.8) is 0 Å². The van der Waals surface area contributed by atoms with E-state index in [0.717, 1.165) is 12.1 Å². The van der Waals surface area contributed by atoms with Crippen LogP contribution in [0.1, 0.15) is 10.4 Å². The minimum absolute atomic E-state index is 0.0350. The summed E-state index contributed by atoms with van der Waals surface area (Å²) >= 11 is 0. The number of para-hydroxylation sites is 1. The number of hydrogen-bond acceptors (Lipinski definition) is 7. The molecular weight excluding hydrogens is 344 g/mol. The number of hydrogen-bond donors (Lipinski definition) is 2. The Hall–Kier alpha value is -3.62. The van der Waals surface area contributed by atoms with Crippen LogP contribution in [0.2, 0.25) is 0 Å². The summed E-state index contributed by atoms with van der Waals surface area (Å²) in [6.45, 7) is 0. The molecule has 2 N–H and O–H groups in total. The van der Waals surface area contributed by atoms with Crippen LogP contribution in [0.5, 0.6) is 0 Å². The predicted molar refractivity (Wildman–Crippen MR) is 90.5 cm³/mol. The summed E-state index contributed by atoms with van der Waals surface area (Å²) in [4.78, 5) is 15.9. The Morgan fingerprint density at radius 2 is 1.88 bits per heavy atom. The number of aromatic nitrogens is 3. The zero-order valence-electron chi connectivity index (χ0n) is 13.5. The van der Waals surface area contributed by atoms with Crippen LogP contribution in [-0.4, -0.2) is 28.3 Å². The van der Waals surface area contributed by atoms with Gasteiger partial charge in [-0.05, 0) is 24.3 Å². The Morgan fingerprint density at radius 3 is 2.65 bits per heavy atom. The van der Waals surface area contributed by atoms with Gasteiger partial charge in [-0.15, -0.1) is 5.10 Å². The number of benzene rings is 2. The summed E-state index contributed by atoms with van der Waals surface area (Å²) in [5, 5.41) is 13.1. The van der Waals surface area contributed by atoms with E-state index in [-0.39, 0.29) is 17.5 Å². The molecule has 0 aliphatic rings. The van der Waals surface area contributed by atoms with Crippen molar-refractivity contribution < 1.29 is 18.3 Å². The van der Waals surface area contributed by atoms with Gasteiger partial charge in [0, 0.05) is 6.07 Å². The lowest BCUT2D eigenvalue weighted by atomic mass is 10.2.